The summed E-state index contributed by atoms with van der Waals surface area (Å²) in [5, 5.41) is 5.61. The standard InChI is InChI=1S/C26H31FN4O3/c1-4-34-25(32)23-21(28-26(33)29-24(23)19-7-9-20(27)10-8-19)16-30-11-13-31(14-12-30)22-15-17(2)5-6-18(22)3/h5-10,15,24H,4,11-14,16H2,1-3H3,(H2,28,29,33)/t24-/m0/s1. The number of hydrogen-bond acceptors (Lipinski definition) is 5. The highest BCUT2D eigenvalue weighted by Gasteiger charge is 2.34. The molecular formula is C26H31FN4O3. The molecule has 0 spiro atoms. The van der Waals surface area contributed by atoms with Crippen LogP contribution in [0.25, 0.3) is 0 Å². The number of ether oxygens (including phenoxy) is 1. The minimum absolute atomic E-state index is 0.216. The zero-order chi connectivity index (χ0) is 24.2. The number of carbonyl (C=O) groups excluding carboxylic acids is 2. The summed E-state index contributed by atoms with van der Waals surface area (Å²) in [6.45, 7) is 9.87. The maximum atomic E-state index is 13.5. The molecule has 2 aliphatic rings. The van der Waals surface area contributed by atoms with Crippen LogP contribution in [-0.4, -0.2) is 56.2 Å². The molecule has 2 heterocycles. The highest BCUT2D eigenvalue weighted by atomic mass is 19.1. The Bertz CT molecular complexity index is 1090. The molecule has 2 aromatic carbocycles. The molecule has 4 rings (SSSR count). The molecular weight excluding hydrogens is 435 g/mol. The van der Waals surface area contributed by atoms with E-state index in [2.05, 4.69) is 52.5 Å². The molecule has 0 saturated carbocycles. The first kappa shape index (κ1) is 23.8. The van der Waals surface area contributed by atoms with Crippen LogP contribution in [-0.2, 0) is 9.53 Å². The number of carbonyl (C=O) groups is 2. The molecule has 2 aromatic rings. The lowest BCUT2D eigenvalue weighted by Gasteiger charge is -2.38. The van der Waals surface area contributed by atoms with Crippen molar-refractivity contribution in [2.24, 2.45) is 0 Å². The summed E-state index contributed by atoms with van der Waals surface area (Å²) in [4.78, 5) is 30.0. The summed E-state index contributed by atoms with van der Waals surface area (Å²) in [6, 6.07) is 11.2. The summed E-state index contributed by atoms with van der Waals surface area (Å²) in [7, 11) is 0. The summed E-state index contributed by atoms with van der Waals surface area (Å²) in [6.07, 6.45) is 0. The van der Waals surface area contributed by atoms with E-state index in [1.807, 2.05) is 0 Å². The van der Waals surface area contributed by atoms with Crippen LogP contribution >= 0.6 is 0 Å². The molecule has 0 bridgehead atoms. The molecule has 0 aliphatic carbocycles. The Hall–Kier alpha value is -3.39. The van der Waals surface area contributed by atoms with Crippen LogP contribution in [0.15, 0.2) is 53.7 Å². The van der Waals surface area contributed by atoms with Gasteiger partial charge in [0.05, 0.1) is 18.2 Å². The minimum atomic E-state index is -0.709. The number of nitrogens with zero attached hydrogens (tertiary/aromatic N) is 2. The van der Waals surface area contributed by atoms with E-state index in [0.717, 1.165) is 26.2 Å². The predicted molar refractivity (Wildman–Crippen MR) is 129 cm³/mol. The van der Waals surface area contributed by atoms with Gasteiger partial charge >= 0.3 is 12.0 Å². The van der Waals surface area contributed by atoms with Crippen molar-refractivity contribution >= 4 is 17.7 Å². The summed E-state index contributed by atoms with van der Waals surface area (Å²) in [5.41, 5.74) is 5.23. The van der Waals surface area contributed by atoms with Crippen molar-refractivity contribution in [3.8, 4) is 0 Å². The largest absolute Gasteiger partial charge is 0.463 e. The quantitative estimate of drug-likeness (QED) is 0.638. The van der Waals surface area contributed by atoms with Gasteiger partial charge in [0, 0.05) is 44.1 Å². The monoisotopic (exact) mass is 466 g/mol. The second kappa shape index (κ2) is 10.3. The lowest BCUT2D eigenvalue weighted by Crippen LogP contribution is -2.52. The summed E-state index contributed by atoms with van der Waals surface area (Å²) >= 11 is 0. The third-order valence-electron chi connectivity index (χ3n) is 6.31. The van der Waals surface area contributed by atoms with Crippen molar-refractivity contribution in [1.29, 1.82) is 0 Å². The molecule has 8 heteroatoms. The second-order valence-electron chi connectivity index (χ2n) is 8.75. The van der Waals surface area contributed by atoms with Gasteiger partial charge in [-0.25, -0.2) is 14.0 Å². The van der Waals surface area contributed by atoms with Crippen molar-refractivity contribution in [3.63, 3.8) is 0 Å². The van der Waals surface area contributed by atoms with Gasteiger partial charge in [0.25, 0.3) is 0 Å². The van der Waals surface area contributed by atoms with Gasteiger partial charge in [0.1, 0.15) is 5.82 Å². The molecule has 7 nitrogen and oxygen atoms in total. The first-order valence-electron chi connectivity index (χ1n) is 11.6. The first-order chi connectivity index (χ1) is 16.4. The van der Waals surface area contributed by atoms with E-state index in [1.165, 1.54) is 28.9 Å². The Kier molecular flexibility index (Phi) is 7.17. The number of aryl methyl sites for hydroxylation is 2. The van der Waals surface area contributed by atoms with Crippen molar-refractivity contribution in [3.05, 3.63) is 76.2 Å². The first-order valence-corrected chi connectivity index (χ1v) is 11.6. The Balaban J connectivity index is 1.56. The molecule has 2 aliphatic heterocycles. The van der Waals surface area contributed by atoms with Crippen molar-refractivity contribution in [2.45, 2.75) is 26.8 Å². The van der Waals surface area contributed by atoms with Crippen molar-refractivity contribution in [2.75, 3.05) is 44.2 Å². The van der Waals surface area contributed by atoms with Crippen LogP contribution in [0.5, 0.6) is 0 Å². The maximum absolute atomic E-state index is 13.5. The normalized spacial score (nSPS) is 19.0. The van der Waals surface area contributed by atoms with Crippen LogP contribution in [0, 0.1) is 19.7 Å². The molecule has 0 radical (unpaired) electrons. The van der Waals surface area contributed by atoms with Crippen LogP contribution in [0.1, 0.15) is 29.7 Å². The Labute approximate surface area is 199 Å². The van der Waals surface area contributed by atoms with E-state index in [9.17, 15) is 14.0 Å². The third kappa shape index (κ3) is 5.22. The topological polar surface area (TPSA) is 73.9 Å². The van der Waals surface area contributed by atoms with Gasteiger partial charge in [-0.05, 0) is 55.7 Å². The number of anilines is 1. The molecule has 1 saturated heterocycles. The lowest BCUT2D eigenvalue weighted by atomic mass is 9.95. The number of amides is 2. The number of hydrogen-bond donors (Lipinski definition) is 2. The van der Waals surface area contributed by atoms with E-state index in [-0.39, 0.29) is 12.4 Å². The average molecular weight is 467 g/mol. The second-order valence-corrected chi connectivity index (χ2v) is 8.75. The lowest BCUT2D eigenvalue weighted by molar-refractivity contribution is -0.139. The number of benzene rings is 2. The third-order valence-corrected chi connectivity index (χ3v) is 6.31. The van der Waals surface area contributed by atoms with Crippen LogP contribution in [0.4, 0.5) is 14.9 Å². The van der Waals surface area contributed by atoms with Crippen LogP contribution in [0.2, 0.25) is 0 Å². The van der Waals surface area contributed by atoms with E-state index < -0.39 is 18.0 Å². The number of esters is 1. The number of nitrogens with one attached hydrogen (secondary N) is 2. The van der Waals surface area contributed by atoms with E-state index in [0.29, 0.717) is 23.4 Å². The van der Waals surface area contributed by atoms with Gasteiger partial charge in [0.2, 0.25) is 0 Å². The van der Waals surface area contributed by atoms with Crippen LogP contribution < -0.4 is 15.5 Å². The number of piperazine rings is 1. The maximum Gasteiger partial charge on any atom is 0.338 e. The number of rotatable bonds is 6. The molecule has 34 heavy (non-hydrogen) atoms. The fourth-order valence-electron chi connectivity index (χ4n) is 4.53. The van der Waals surface area contributed by atoms with Gasteiger partial charge in [-0.2, -0.15) is 0 Å². The molecule has 1 fully saturated rings. The summed E-state index contributed by atoms with van der Waals surface area (Å²) in [5.74, 6) is -0.874. The molecule has 1 atom stereocenters. The van der Waals surface area contributed by atoms with Gasteiger partial charge < -0.3 is 20.3 Å². The highest BCUT2D eigenvalue weighted by molar-refractivity contribution is 5.95. The molecule has 0 aromatic heterocycles. The van der Waals surface area contributed by atoms with Gasteiger partial charge in [-0.1, -0.05) is 24.3 Å². The Morgan fingerprint density at radius 3 is 2.47 bits per heavy atom. The van der Waals surface area contributed by atoms with Gasteiger partial charge in [-0.15, -0.1) is 0 Å². The SMILES string of the molecule is CCOC(=O)C1=C(CN2CCN(c3cc(C)ccc3C)CC2)NC(=O)N[C@H]1c1ccc(F)cc1. The predicted octanol–water partition coefficient (Wildman–Crippen LogP) is 3.44. The fourth-order valence-corrected chi connectivity index (χ4v) is 4.53. The number of halogens is 1. The average Bonchev–Trinajstić information content (AvgIpc) is 2.81. The van der Waals surface area contributed by atoms with Gasteiger partial charge in [0.15, 0.2) is 0 Å². The van der Waals surface area contributed by atoms with E-state index in [1.54, 1.807) is 19.1 Å². The van der Waals surface area contributed by atoms with E-state index in [4.69, 9.17) is 4.74 Å². The fraction of sp³-hybridized carbons (Fsp3) is 0.385. The minimum Gasteiger partial charge on any atom is -0.463 e. The molecule has 2 amide bonds. The van der Waals surface area contributed by atoms with Crippen molar-refractivity contribution < 1.29 is 18.7 Å². The van der Waals surface area contributed by atoms with E-state index >= 15 is 0 Å². The van der Waals surface area contributed by atoms with Crippen molar-refractivity contribution in [1.82, 2.24) is 15.5 Å². The Morgan fingerprint density at radius 2 is 1.79 bits per heavy atom. The molecule has 180 valence electrons. The van der Waals surface area contributed by atoms with Crippen LogP contribution in [0.3, 0.4) is 0 Å². The molecule has 0 unspecified atom stereocenters. The zero-order valence-electron chi connectivity index (χ0n) is 19.9. The van der Waals surface area contributed by atoms with Gasteiger partial charge in [-0.3, -0.25) is 4.90 Å². The highest BCUT2D eigenvalue weighted by Crippen LogP contribution is 2.29. The smallest absolute Gasteiger partial charge is 0.338 e. The molecule has 2 N–H and O–H groups in total. The summed E-state index contributed by atoms with van der Waals surface area (Å²) < 4.78 is 18.8. The Morgan fingerprint density at radius 1 is 1.09 bits per heavy atom. The number of urea groups is 1. The zero-order valence-corrected chi connectivity index (χ0v) is 19.9.